The van der Waals surface area contributed by atoms with E-state index in [4.69, 9.17) is 5.11 Å². The van der Waals surface area contributed by atoms with E-state index in [-0.39, 0.29) is 0 Å². The molecule has 1 aromatic rings. The van der Waals surface area contributed by atoms with Gasteiger partial charge in [-0.2, -0.15) is 0 Å². The molecule has 2 rings (SSSR count). The Morgan fingerprint density at radius 3 is 2.58 bits per heavy atom. The maximum Gasteiger partial charge on any atom is 0.328 e. The van der Waals surface area contributed by atoms with Crippen LogP contribution in [0.4, 0.5) is 5.69 Å². The van der Waals surface area contributed by atoms with Gasteiger partial charge in [-0.25, -0.2) is 4.79 Å². The van der Waals surface area contributed by atoms with Crippen molar-refractivity contribution in [2.45, 2.75) is 32.7 Å². The molecule has 1 aliphatic rings. The first-order valence-corrected chi connectivity index (χ1v) is 6.84. The quantitative estimate of drug-likeness (QED) is 0.846. The normalized spacial score (nSPS) is 23.8. The molecule has 0 radical (unpaired) electrons. The zero-order valence-corrected chi connectivity index (χ0v) is 11.5. The molecule has 2 atom stereocenters. The zero-order valence-electron chi connectivity index (χ0n) is 11.5. The Kier molecular flexibility index (Phi) is 4.25. The maximum atomic E-state index is 10.5. The zero-order chi connectivity index (χ0) is 13.8. The van der Waals surface area contributed by atoms with Gasteiger partial charge in [0.1, 0.15) is 0 Å². The van der Waals surface area contributed by atoms with Crippen LogP contribution in [0.1, 0.15) is 32.3 Å². The van der Waals surface area contributed by atoms with Gasteiger partial charge in [0.15, 0.2) is 0 Å². The van der Waals surface area contributed by atoms with Crippen LogP contribution in [-0.4, -0.2) is 23.7 Å². The summed E-state index contributed by atoms with van der Waals surface area (Å²) in [5.74, 6) is -0.105. The Morgan fingerprint density at radius 1 is 1.32 bits per heavy atom. The SMILES string of the molecule is CC1CCN(c2ccc(C=CC(=O)O)cc2)C(C)C1. The number of aliphatic carboxylic acids is 1. The van der Waals surface area contributed by atoms with Crippen LogP contribution >= 0.6 is 0 Å². The van der Waals surface area contributed by atoms with E-state index in [0.717, 1.165) is 18.0 Å². The van der Waals surface area contributed by atoms with Crippen LogP contribution in [0.5, 0.6) is 0 Å². The van der Waals surface area contributed by atoms with Crippen LogP contribution in [0.25, 0.3) is 6.08 Å². The molecule has 1 aliphatic heterocycles. The smallest absolute Gasteiger partial charge is 0.328 e. The fourth-order valence-electron chi connectivity index (χ4n) is 2.74. The number of rotatable bonds is 3. The van der Waals surface area contributed by atoms with Gasteiger partial charge in [-0.3, -0.25) is 0 Å². The standard InChI is InChI=1S/C16H21NO2/c1-12-9-10-17(13(2)11-12)15-6-3-14(4-7-15)5-8-16(18)19/h3-8,12-13H,9-11H2,1-2H3,(H,18,19). The predicted octanol–water partition coefficient (Wildman–Crippen LogP) is 3.41. The number of nitrogens with zero attached hydrogens (tertiary/aromatic N) is 1. The largest absolute Gasteiger partial charge is 0.478 e. The molecule has 0 saturated carbocycles. The summed E-state index contributed by atoms with van der Waals surface area (Å²) in [7, 11) is 0. The Labute approximate surface area is 114 Å². The molecule has 1 N–H and O–H groups in total. The Balaban J connectivity index is 2.08. The molecular formula is C16H21NO2. The van der Waals surface area contributed by atoms with Gasteiger partial charge in [-0.1, -0.05) is 19.1 Å². The molecule has 0 aliphatic carbocycles. The third-order valence-electron chi connectivity index (χ3n) is 3.78. The van der Waals surface area contributed by atoms with Crippen molar-refractivity contribution in [1.82, 2.24) is 0 Å². The third-order valence-corrected chi connectivity index (χ3v) is 3.78. The lowest BCUT2D eigenvalue weighted by Gasteiger charge is -2.38. The first-order chi connectivity index (χ1) is 9.06. The fraction of sp³-hybridized carbons (Fsp3) is 0.438. The third kappa shape index (κ3) is 3.60. The van der Waals surface area contributed by atoms with Crippen LogP contribution in [0.2, 0.25) is 0 Å². The minimum atomic E-state index is -0.914. The Morgan fingerprint density at radius 2 is 2.00 bits per heavy atom. The van der Waals surface area contributed by atoms with Gasteiger partial charge < -0.3 is 10.0 Å². The number of carboxylic acid groups (broad SMARTS) is 1. The number of carbonyl (C=O) groups is 1. The van der Waals surface area contributed by atoms with Crippen molar-refractivity contribution >= 4 is 17.7 Å². The lowest BCUT2D eigenvalue weighted by molar-refractivity contribution is -0.131. The van der Waals surface area contributed by atoms with Crippen molar-refractivity contribution in [2.75, 3.05) is 11.4 Å². The predicted molar refractivity (Wildman–Crippen MR) is 78.3 cm³/mol. The number of benzene rings is 1. The van der Waals surface area contributed by atoms with Gasteiger partial charge in [0, 0.05) is 24.4 Å². The molecule has 0 aromatic heterocycles. The Bertz CT molecular complexity index is 464. The highest BCUT2D eigenvalue weighted by Crippen LogP contribution is 2.27. The number of hydrogen-bond acceptors (Lipinski definition) is 2. The first-order valence-electron chi connectivity index (χ1n) is 6.84. The topological polar surface area (TPSA) is 40.5 Å². The van der Waals surface area contributed by atoms with E-state index in [0.29, 0.717) is 6.04 Å². The molecule has 1 aromatic carbocycles. The summed E-state index contributed by atoms with van der Waals surface area (Å²) in [5, 5.41) is 8.60. The van der Waals surface area contributed by atoms with E-state index in [9.17, 15) is 4.79 Å². The van der Waals surface area contributed by atoms with Crippen molar-refractivity contribution < 1.29 is 9.90 Å². The second-order valence-electron chi connectivity index (χ2n) is 5.44. The van der Waals surface area contributed by atoms with Gasteiger partial charge in [0.2, 0.25) is 0 Å². The highest BCUT2D eigenvalue weighted by molar-refractivity contribution is 5.85. The van der Waals surface area contributed by atoms with Gasteiger partial charge >= 0.3 is 5.97 Å². The first kappa shape index (κ1) is 13.7. The maximum absolute atomic E-state index is 10.5. The van der Waals surface area contributed by atoms with Crippen LogP contribution in [0.3, 0.4) is 0 Å². The van der Waals surface area contributed by atoms with Gasteiger partial charge in [-0.15, -0.1) is 0 Å². The molecule has 102 valence electrons. The molecule has 1 heterocycles. The van der Waals surface area contributed by atoms with Crippen LogP contribution < -0.4 is 4.90 Å². The molecule has 0 bridgehead atoms. The van der Waals surface area contributed by atoms with Gasteiger partial charge in [-0.05, 0) is 49.5 Å². The molecule has 3 nitrogen and oxygen atoms in total. The van der Waals surface area contributed by atoms with Gasteiger partial charge in [0.25, 0.3) is 0 Å². The number of hydrogen-bond donors (Lipinski definition) is 1. The average molecular weight is 259 g/mol. The highest BCUT2D eigenvalue weighted by atomic mass is 16.4. The molecule has 0 amide bonds. The summed E-state index contributed by atoms with van der Waals surface area (Å²) < 4.78 is 0. The molecule has 1 saturated heterocycles. The van der Waals surface area contributed by atoms with E-state index in [1.807, 2.05) is 12.1 Å². The lowest BCUT2D eigenvalue weighted by atomic mass is 9.93. The number of carboxylic acids is 1. The second kappa shape index (κ2) is 5.91. The minimum Gasteiger partial charge on any atom is -0.478 e. The lowest BCUT2D eigenvalue weighted by Crippen LogP contribution is -2.40. The molecule has 19 heavy (non-hydrogen) atoms. The summed E-state index contributed by atoms with van der Waals surface area (Å²) >= 11 is 0. The van der Waals surface area contributed by atoms with E-state index in [2.05, 4.69) is 30.9 Å². The van der Waals surface area contributed by atoms with E-state index < -0.39 is 5.97 Å². The molecule has 2 unspecified atom stereocenters. The second-order valence-corrected chi connectivity index (χ2v) is 5.44. The minimum absolute atomic E-state index is 0.573. The summed E-state index contributed by atoms with van der Waals surface area (Å²) in [6.07, 6.45) is 5.26. The van der Waals surface area contributed by atoms with E-state index >= 15 is 0 Å². The molecule has 0 spiro atoms. The van der Waals surface area contributed by atoms with Crippen molar-refractivity contribution in [2.24, 2.45) is 5.92 Å². The van der Waals surface area contributed by atoms with Crippen LogP contribution in [-0.2, 0) is 4.79 Å². The van der Waals surface area contributed by atoms with Crippen molar-refractivity contribution in [1.29, 1.82) is 0 Å². The summed E-state index contributed by atoms with van der Waals surface area (Å²) in [6, 6.07) is 8.67. The summed E-state index contributed by atoms with van der Waals surface area (Å²) in [5.41, 5.74) is 2.15. The summed E-state index contributed by atoms with van der Waals surface area (Å²) in [4.78, 5) is 12.9. The van der Waals surface area contributed by atoms with E-state index in [1.54, 1.807) is 6.08 Å². The van der Waals surface area contributed by atoms with Gasteiger partial charge in [0.05, 0.1) is 0 Å². The fourth-order valence-corrected chi connectivity index (χ4v) is 2.74. The van der Waals surface area contributed by atoms with E-state index in [1.165, 1.54) is 24.6 Å². The average Bonchev–Trinajstić information content (AvgIpc) is 2.37. The monoisotopic (exact) mass is 259 g/mol. The van der Waals surface area contributed by atoms with Crippen molar-refractivity contribution in [3.05, 3.63) is 35.9 Å². The van der Waals surface area contributed by atoms with Crippen LogP contribution in [0, 0.1) is 5.92 Å². The molecule has 3 heteroatoms. The van der Waals surface area contributed by atoms with Crippen LogP contribution in [0.15, 0.2) is 30.3 Å². The molecular weight excluding hydrogens is 238 g/mol. The van der Waals surface area contributed by atoms with Crippen molar-refractivity contribution in [3.8, 4) is 0 Å². The van der Waals surface area contributed by atoms with Crippen molar-refractivity contribution in [3.63, 3.8) is 0 Å². The molecule has 1 fully saturated rings. The number of piperidine rings is 1. The summed E-state index contributed by atoms with van der Waals surface area (Å²) in [6.45, 7) is 5.69. The Hall–Kier alpha value is -1.77. The highest BCUT2D eigenvalue weighted by Gasteiger charge is 2.22. The number of anilines is 1.